The Labute approximate surface area is 71.0 Å². The zero-order chi connectivity index (χ0) is 8.85. The van der Waals surface area contributed by atoms with E-state index in [0.717, 1.165) is 5.92 Å². The van der Waals surface area contributed by atoms with Crippen LogP contribution in [0.4, 0.5) is 0 Å². The molecule has 0 N–H and O–H groups in total. The lowest BCUT2D eigenvalue weighted by Gasteiger charge is -2.17. The Kier molecular flexibility index (Phi) is 4.98. The SMILES string of the molecule is CC=C=C(C)C(CC)C(C)C. The zero-order valence-corrected chi connectivity index (χ0v) is 8.44. The summed E-state index contributed by atoms with van der Waals surface area (Å²) in [5, 5.41) is 0. The number of rotatable bonds is 3. The van der Waals surface area contributed by atoms with Crippen LogP contribution in [0.5, 0.6) is 0 Å². The van der Waals surface area contributed by atoms with E-state index in [1.807, 2.05) is 13.0 Å². The third-order valence-corrected chi connectivity index (χ3v) is 2.17. The predicted molar refractivity (Wildman–Crippen MR) is 51.6 cm³/mol. The summed E-state index contributed by atoms with van der Waals surface area (Å²) in [7, 11) is 0. The summed E-state index contributed by atoms with van der Waals surface area (Å²) >= 11 is 0. The van der Waals surface area contributed by atoms with Gasteiger partial charge in [0.25, 0.3) is 0 Å². The third-order valence-electron chi connectivity index (χ3n) is 2.17. The molecular formula is C11H20. The lowest BCUT2D eigenvalue weighted by Crippen LogP contribution is -2.07. The summed E-state index contributed by atoms with van der Waals surface area (Å²) in [6.45, 7) is 11.0. The van der Waals surface area contributed by atoms with Crippen molar-refractivity contribution in [2.75, 3.05) is 0 Å². The van der Waals surface area contributed by atoms with E-state index in [0.29, 0.717) is 5.92 Å². The Balaban J connectivity index is 4.38. The van der Waals surface area contributed by atoms with Gasteiger partial charge in [-0.2, -0.15) is 0 Å². The molecule has 0 saturated heterocycles. The second-order valence-corrected chi connectivity index (χ2v) is 3.37. The Hall–Kier alpha value is -0.480. The van der Waals surface area contributed by atoms with Crippen molar-refractivity contribution in [2.45, 2.75) is 41.0 Å². The van der Waals surface area contributed by atoms with E-state index in [4.69, 9.17) is 0 Å². The van der Waals surface area contributed by atoms with E-state index in [-0.39, 0.29) is 0 Å². The maximum atomic E-state index is 3.27. The maximum absolute atomic E-state index is 3.27. The predicted octanol–water partition coefficient (Wildman–Crippen LogP) is 3.79. The van der Waals surface area contributed by atoms with E-state index in [9.17, 15) is 0 Å². The van der Waals surface area contributed by atoms with E-state index in [1.165, 1.54) is 12.0 Å². The van der Waals surface area contributed by atoms with Gasteiger partial charge in [0, 0.05) is 0 Å². The van der Waals surface area contributed by atoms with Crippen molar-refractivity contribution in [3.05, 3.63) is 17.4 Å². The summed E-state index contributed by atoms with van der Waals surface area (Å²) in [6, 6.07) is 0. The van der Waals surface area contributed by atoms with Crippen molar-refractivity contribution in [1.29, 1.82) is 0 Å². The smallest absolute Gasteiger partial charge is 0.0110 e. The average Bonchev–Trinajstić information content (AvgIpc) is 1.88. The Bertz CT molecular complexity index is 157. The lowest BCUT2D eigenvalue weighted by molar-refractivity contribution is 0.431. The molecule has 11 heavy (non-hydrogen) atoms. The normalized spacial score (nSPS) is 12.5. The number of allylic oxidation sites excluding steroid dienone is 1. The molecule has 0 bridgehead atoms. The van der Waals surface area contributed by atoms with Gasteiger partial charge in [-0.3, -0.25) is 0 Å². The quantitative estimate of drug-likeness (QED) is 0.540. The fraction of sp³-hybridized carbons (Fsp3) is 0.727. The van der Waals surface area contributed by atoms with Crippen LogP contribution in [0.2, 0.25) is 0 Å². The molecule has 0 aromatic heterocycles. The largest absolute Gasteiger partial charge is 0.126 e. The molecular weight excluding hydrogens is 132 g/mol. The van der Waals surface area contributed by atoms with Gasteiger partial charge >= 0.3 is 0 Å². The molecule has 0 fully saturated rings. The van der Waals surface area contributed by atoms with Crippen LogP contribution < -0.4 is 0 Å². The summed E-state index contributed by atoms with van der Waals surface area (Å²) in [5.74, 6) is 1.46. The summed E-state index contributed by atoms with van der Waals surface area (Å²) < 4.78 is 0. The van der Waals surface area contributed by atoms with Crippen LogP contribution >= 0.6 is 0 Å². The van der Waals surface area contributed by atoms with Crippen molar-refractivity contribution in [1.82, 2.24) is 0 Å². The first-order chi connectivity index (χ1) is 5.13. The van der Waals surface area contributed by atoms with Crippen LogP contribution in [0.1, 0.15) is 41.0 Å². The van der Waals surface area contributed by atoms with Crippen molar-refractivity contribution in [3.63, 3.8) is 0 Å². The highest BCUT2D eigenvalue weighted by Crippen LogP contribution is 2.22. The molecule has 0 aliphatic heterocycles. The van der Waals surface area contributed by atoms with Gasteiger partial charge in [-0.05, 0) is 43.8 Å². The van der Waals surface area contributed by atoms with Gasteiger partial charge in [-0.1, -0.05) is 20.8 Å². The van der Waals surface area contributed by atoms with Crippen LogP contribution in [0, 0.1) is 11.8 Å². The molecule has 0 heterocycles. The van der Waals surface area contributed by atoms with E-state index < -0.39 is 0 Å². The average molecular weight is 152 g/mol. The molecule has 1 atom stereocenters. The van der Waals surface area contributed by atoms with Crippen molar-refractivity contribution < 1.29 is 0 Å². The van der Waals surface area contributed by atoms with Crippen molar-refractivity contribution >= 4 is 0 Å². The molecule has 0 aromatic carbocycles. The van der Waals surface area contributed by atoms with Crippen LogP contribution in [0.15, 0.2) is 17.4 Å². The minimum atomic E-state index is 0.714. The molecule has 0 spiro atoms. The monoisotopic (exact) mass is 152 g/mol. The molecule has 0 heteroatoms. The Morgan fingerprint density at radius 1 is 1.45 bits per heavy atom. The van der Waals surface area contributed by atoms with Gasteiger partial charge < -0.3 is 0 Å². The van der Waals surface area contributed by atoms with Crippen LogP contribution in [0.25, 0.3) is 0 Å². The minimum absolute atomic E-state index is 0.714. The molecule has 0 amide bonds. The molecule has 64 valence electrons. The molecule has 0 aliphatic rings. The van der Waals surface area contributed by atoms with Crippen LogP contribution in [0.3, 0.4) is 0 Å². The second kappa shape index (κ2) is 5.21. The topological polar surface area (TPSA) is 0 Å². The van der Waals surface area contributed by atoms with Crippen LogP contribution in [-0.4, -0.2) is 0 Å². The summed E-state index contributed by atoms with van der Waals surface area (Å²) in [5.41, 5.74) is 4.66. The first-order valence-corrected chi connectivity index (χ1v) is 4.51. The highest BCUT2D eigenvalue weighted by molar-refractivity contribution is 5.03. The maximum Gasteiger partial charge on any atom is -0.0110 e. The second-order valence-electron chi connectivity index (χ2n) is 3.37. The molecule has 0 rings (SSSR count). The third kappa shape index (κ3) is 3.43. The van der Waals surface area contributed by atoms with Gasteiger partial charge in [-0.25, -0.2) is 0 Å². The van der Waals surface area contributed by atoms with Crippen molar-refractivity contribution in [3.8, 4) is 0 Å². The van der Waals surface area contributed by atoms with Gasteiger partial charge in [0.05, 0.1) is 0 Å². The van der Waals surface area contributed by atoms with Gasteiger partial charge in [0.2, 0.25) is 0 Å². The minimum Gasteiger partial charge on any atom is -0.126 e. The van der Waals surface area contributed by atoms with Crippen molar-refractivity contribution in [2.24, 2.45) is 11.8 Å². The standard InChI is InChI=1S/C11H20/c1-6-8-10(5)11(7-2)9(3)4/h6,9,11H,7H2,1-5H3. The molecule has 0 nitrogen and oxygen atoms in total. The lowest BCUT2D eigenvalue weighted by atomic mass is 9.87. The van der Waals surface area contributed by atoms with Crippen LogP contribution in [-0.2, 0) is 0 Å². The fourth-order valence-corrected chi connectivity index (χ4v) is 1.61. The first-order valence-electron chi connectivity index (χ1n) is 4.51. The molecule has 1 unspecified atom stereocenters. The van der Waals surface area contributed by atoms with E-state index in [2.05, 4.69) is 33.4 Å². The highest BCUT2D eigenvalue weighted by Gasteiger charge is 2.11. The molecule has 0 aromatic rings. The fourth-order valence-electron chi connectivity index (χ4n) is 1.61. The zero-order valence-electron chi connectivity index (χ0n) is 8.44. The van der Waals surface area contributed by atoms with E-state index >= 15 is 0 Å². The van der Waals surface area contributed by atoms with Gasteiger partial charge in [0.15, 0.2) is 0 Å². The number of hydrogen-bond acceptors (Lipinski definition) is 0. The Morgan fingerprint density at radius 2 is 2.00 bits per heavy atom. The van der Waals surface area contributed by atoms with E-state index in [1.54, 1.807) is 0 Å². The first kappa shape index (κ1) is 10.5. The molecule has 0 aliphatic carbocycles. The molecule has 0 saturated carbocycles. The highest BCUT2D eigenvalue weighted by atomic mass is 14.2. The summed E-state index contributed by atoms with van der Waals surface area (Å²) in [4.78, 5) is 0. The molecule has 0 radical (unpaired) electrons. The van der Waals surface area contributed by atoms with Gasteiger partial charge in [-0.15, -0.1) is 5.73 Å². The summed E-state index contributed by atoms with van der Waals surface area (Å²) in [6.07, 6.45) is 3.23. The van der Waals surface area contributed by atoms with Gasteiger partial charge in [0.1, 0.15) is 0 Å². The number of hydrogen-bond donors (Lipinski definition) is 0. The Morgan fingerprint density at radius 3 is 2.27 bits per heavy atom.